The molecule has 2 aromatic carbocycles. The number of carboxylic acid groups (broad SMARTS) is 1. The van der Waals surface area contributed by atoms with E-state index in [1.54, 1.807) is 0 Å². The van der Waals surface area contributed by atoms with Gasteiger partial charge < -0.3 is 10.0 Å². The minimum atomic E-state index is -6.39. The fourth-order valence-corrected chi connectivity index (χ4v) is 9.29. The Balaban J connectivity index is 1.64. The van der Waals surface area contributed by atoms with Gasteiger partial charge in [0.05, 0.1) is 16.9 Å². The molecule has 1 heterocycles. The fourth-order valence-electron chi connectivity index (χ4n) is 6.95. The Morgan fingerprint density at radius 2 is 1.51 bits per heavy atom. The first-order valence-corrected chi connectivity index (χ1v) is 14.8. The lowest BCUT2D eigenvalue weighted by Gasteiger charge is -2.35. The molecule has 2 aromatic rings. The van der Waals surface area contributed by atoms with Crippen LogP contribution in [0.1, 0.15) is 48.8 Å². The van der Waals surface area contributed by atoms with Crippen molar-refractivity contribution in [2.75, 3.05) is 6.54 Å². The number of halogens is 8. The zero-order chi connectivity index (χ0) is 31.8. The molecule has 0 radical (unpaired) electrons. The van der Waals surface area contributed by atoms with Gasteiger partial charge in [0.15, 0.2) is 9.84 Å². The molecule has 1 amide bonds. The number of aliphatic carboxylic acids is 1. The van der Waals surface area contributed by atoms with Gasteiger partial charge in [0.2, 0.25) is 5.91 Å². The molecule has 0 spiro atoms. The topological polar surface area (TPSA) is 91.8 Å². The van der Waals surface area contributed by atoms with Crippen molar-refractivity contribution in [3.63, 3.8) is 0 Å². The van der Waals surface area contributed by atoms with Crippen molar-refractivity contribution in [1.82, 2.24) is 4.90 Å². The van der Waals surface area contributed by atoms with Crippen LogP contribution in [0, 0.1) is 17.7 Å². The van der Waals surface area contributed by atoms with E-state index < -0.39 is 80.2 Å². The van der Waals surface area contributed by atoms with Crippen LogP contribution < -0.4 is 0 Å². The van der Waals surface area contributed by atoms with Crippen LogP contribution >= 0.6 is 0 Å². The van der Waals surface area contributed by atoms with Gasteiger partial charge in [0.25, 0.3) is 0 Å². The molecule has 1 N–H and O–H groups in total. The van der Waals surface area contributed by atoms with Crippen LogP contribution in [0.5, 0.6) is 0 Å². The summed E-state index contributed by atoms with van der Waals surface area (Å²) in [5, 5.41) is 9.45. The number of fused-ring (bicyclic) bond motifs is 3. The lowest BCUT2D eigenvalue weighted by molar-refractivity contribution is -0.348. The number of likely N-dealkylation sites (tertiary alicyclic amines) is 1. The third kappa shape index (κ3) is 4.60. The van der Waals surface area contributed by atoms with E-state index >= 15 is 0 Å². The Morgan fingerprint density at radius 3 is 2.09 bits per heavy atom. The van der Waals surface area contributed by atoms with Crippen LogP contribution in [0.3, 0.4) is 0 Å². The number of alkyl halides is 7. The maximum atomic E-state index is 15.0. The van der Waals surface area contributed by atoms with Gasteiger partial charge in [-0.3, -0.25) is 9.59 Å². The molecule has 2 aliphatic carbocycles. The zero-order valence-corrected chi connectivity index (χ0v) is 23.0. The zero-order valence-electron chi connectivity index (χ0n) is 22.2. The van der Waals surface area contributed by atoms with E-state index in [1.807, 2.05) is 0 Å². The molecule has 0 aromatic heterocycles. The van der Waals surface area contributed by atoms with Crippen LogP contribution in [0.25, 0.3) is 0 Å². The minimum absolute atomic E-state index is 0.0201. The Labute approximate surface area is 240 Å². The Morgan fingerprint density at radius 1 is 0.907 bits per heavy atom. The second kappa shape index (κ2) is 10.2. The monoisotopic (exact) mass is 639 g/mol. The van der Waals surface area contributed by atoms with Crippen LogP contribution in [-0.2, 0) is 36.3 Å². The number of hydrogen-bond donors (Lipinski definition) is 1. The number of nitrogens with zero attached hydrogens (tertiary/aromatic N) is 1. The smallest absolute Gasteiger partial charge is 0.435 e. The van der Waals surface area contributed by atoms with Crippen LogP contribution in [0.2, 0.25) is 0 Å². The van der Waals surface area contributed by atoms with Gasteiger partial charge in [0, 0.05) is 18.0 Å². The molecule has 5 rings (SSSR count). The Bertz CT molecular complexity index is 1540. The number of carbonyl (C=O) groups excluding carboxylic acids is 1. The molecule has 4 atom stereocenters. The number of amides is 1. The second-order valence-electron chi connectivity index (χ2n) is 11.3. The van der Waals surface area contributed by atoms with Gasteiger partial charge >= 0.3 is 24.0 Å². The maximum absolute atomic E-state index is 15.0. The molecule has 3 aliphatic rings. The van der Waals surface area contributed by atoms with Gasteiger partial charge in [-0.15, -0.1) is 0 Å². The summed E-state index contributed by atoms with van der Waals surface area (Å²) < 4.78 is 136. The Kier molecular flexibility index (Phi) is 7.37. The third-order valence-electron chi connectivity index (χ3n) is 9.05. The quantitative estimate of drug-likeness (QED) is 0.329. The molecule has 0 bridgehead atoms. The predicted molar refractivity (Wildman–Crippen MR) is 134 cm³/mol. The van der Waals surface area contributed by atoms with Crippen LogP contribution in [-0.4, -0.2) is 55.2 Å². The van der Waals surface area contributed by atoms with Crippen molar-refractivity contribution in [3.05, 3.63) is 65.0 Å². The lowest BCUT2D eigenvalue weighted by Crippen LogP contribution is -2.50. The van der Waals surface area contributed by atoms with E-state index in [0.29, 0.717) is 25.3 Å². The van der Waals surface area contributed by atoms with Gasteiger partial charge in [0.1, 0.15) is 10.6 Å². The molecular weight excluding hydrogens is 614 g/mol. The normalized spacial score (nSPS) is 26.2. The van der Waals surface area contributed by atoms with Crippen molar-refractivity contribution in [2.24, 2.45) is 11.8 Å². The molecule has 15 heteroatoms. The summed E-state index contributed by atoms with van der Waals surface area (Å²) in [4.78, 5) is 26.1. The highest BCUT2D eigenvalue weighted by molar-refractivity contribution is 7.92. The molecule has 1 saturated carbocycles. The van der Waals surface area contributed by atoms with Gasteiger partial charge in [-0.25, -0.2) is 17.2 Å². The number of carboxylic acids is 1. The average molecular weight is 640 g/mol. The number of benzene rings is 2. The average Bonchev–Trinajstić information content (AvgIpc) is 3.46. The van der Waals surface area contributed by atoms with E-state index in [2.05, 4.69) is 0 Å². The van der Waals surface area contributed by atoms with Gasteiger partial charge in [-0.2, -0.15) is 26.3 Å². The van der Waals surface area contributed by atoms with Crippen molar-refractivity contribution in [3.8, 4) is 0 Å². The van der Waals surface area contributed by atoms with Crippen LogP contribution in [0.15, 0.2) is 47.4 Å². The standard InChI is InChI=1S/C28H25F8NO5S/c29-19-5-7-20(8-6-19)43(41,42)25-10-11-37(23(38)15-2-1-3-16(12-15)24(39)40)22(25)14-17-13-18(4-9-21(17)25)26(30,27(31,32)33)28(34,35)36/h4-9,13,15-16,22H,1-3,10-12,14H2,(H,39,40). The minimum Gasteiger partial charge on any atom is -0.481 e. The van der Waals surface area contributed by atoms with E-state index in [0.717, 1.165) is 30.3 Å². The summed E-state index contributed by atoms with van der Waals surface area (Å²) in [6.45, 7) is -0.155. The summed E-state index contributed by atoms with van der Waals surface area (Å²) in [6, 6.07) is 3.69. The molecule has 234 valence electrons. The van der Waals surface area contributed by atoms with E-state index in [1.165, 1.54) is 4.90 Å². The molecule has 2 fully saturated rings. The highest BCUT2D eigenvalue weighted by Crippen LogP contribution is 2.58. The third-order valence-corrected chi connectivity index (χ3v) is 11.6. The van der Waals surface area contributed by atoms with E-state index in [9.17, 15) is 58.2 Å². The van der Waals surface area contributed by atoms with Crippen molar-refractivity contribution >= 4 is 21.7 Å². The summed E-state index contributed by atoms with van der Waals surface area (Å²) in [7, 11) is -4.59. The second-order valence-corrected chi connectivity index (χ2v) is 13.5. The molecule has 43 heavy (non-hydrogen) atoms. The summed E-state index contributed by atoms with van der Waals surface area (Å²) in [5.41, 5.74) is -8.03. The molecule has 1 aliphatic heterocycles. The SMILES string of the molecule is O=C(O)C1CCCC(C(=O)N2CCC3(S(=O)(=O)c4ccc(F)cc4)c4ccc(C(F)(C(F)(F)F)C(F)(F)F)cc4CC23)C1. The van der Waals surface area contributed by atoms with Crippen molar-refractivity contribution < 1.29 is 58.2 Å². The fraction of sp³-hybridized carbons (Fsp3) is 0.500. The van der Waals surface area contributed by atoms with Crippen molar-refractivity contribution in [2.45, 2.75) is 72.2 Å². The van der Waals surface area contributed by atoms with Gasteiger partial charge in [-0.05, 0) is 67.5 Å². The molecular formula is C28H25F8NO5S. The predicted octanol–water partition coefficient (Wildman–Crippen LogP) is 5.83. The summed E-state index contributed by atoms with van der Waals surface area (Å²) in [5.74, 6) is -4.06. The highest BCUT2D eigenvalue weighted by atomic mass is 32.2. The number of sulfone groups is 1. The highest BCUT2D eigenvalue weighted by Gasteiger charge is 2.74. The van der Waals surface area contributed by atoms with E-state index in [4.69, 9.17) is 0 Å². The van der Waals surface area contributed by atoms with E-state index in [-0.39, 0.29) is 41.5 Å². The molecule has 1 saturated heterocycles. The first-order valence-electron chi connectivity index (χ1n) is 13.4. The molecule has 4 unspecified atom stereocenters. The number of carbonyl (C=O) groups is 2. The van der Waals surface area contributed by atoms with Gasteiger partial charge in [-0.1, -0.05) is 24.6 Å². The summed E-state index contributed by atoms with van der Waals surface area (Å²) >= 11 is 0. The number of rotatable bonds is 5. The lowest BCUT2D eigenvalue weighted by atomic mass is 9.80. The first kappa shape index (κ1) is 31.2. The maximum Gasteiger partial charge on any atom is 0.435 e. The molecule has 6 nitrogen and oxygen atoms in total. The number of hydrogen-bond acceptors (Lipinski definition) is 4. The Hall–Kier alpha value is -3.23. The van der Waals surface area contributed by atoms with Crippen LogP contribution in [0.4, 0.5) is 35.1 Å². The largest absolute Gasteiger partial charge is 0.481 e. The first-order chi connectivity index (χ1) is 19.9. The van der Waals surface area contributed by atoms with Crippen molar-refractivity contribution in [1.29, 1.82) is 0 Å². The summed E-state index contributed by atoms with van der Waals surface area (Å²) in [6.07, 6.45) is -12.6.